The van der Waals surface area contributed by atoms with Gasteiger partial charge in [-0.1, -0.05) is 0 Å². The molecule has 0 aromatic carbocycles. The van der Waals surface area contributed by atoms with Gasteiger partial charge in [-0.25, -0.2) is 0 Å². The van der Waals surface area contributed by atoms with Gasteiger partial charge in [-0.05, 0) is 0 Å². The monoisotopic (exact) mass is 387 g/mol. The molecule has 5 heteroatoms. The van der Waals surface area contributed by atoms with Crippen molar-refractivity contribution in [1.29, 1.82) is 0 Å². The fourth-order valence-electron chi connectivity index (χ4n) is 2.49. The molecule has 0 radical (unpaired) electrons. The first-order chi connectivity index (χ1) is 10.0. The van der Waals surface area contributed by atoms with Gasteiger partial charge in [-0.3, -0.25) is 0 Å². The van der Waals surface area contributed by atoms with E-state index in [0.29, 0.717) is 17.8 Å². The van der Waals surface area contributed by atoms with Gasteiger partial charge in [0.25, 0.3) is 0 Å². The zero-order chi connectivity index (χ0) is 16.0. The van der Waals surface area contributed by atoms with Gasteiger partial charge in [0.05, 0.1) is 0 Å². The van der Waals surface area contributed by atoms with Crippen LogP contribution < -0.4 is 0 Å². The average molecular weight is 389 g/mol. The third-order valence-electron chi connectivity index (χ3n) is 3.88. The number of hydrogen-bond donors (Lipinski definition) is 2. The fourth-order valence-corrected chi connectivity index (χ4v) is 11.8. The van der Waals surface area contributed by atoms with E-state index in [9.17, 15) is 9.79 Å². The van der Waals surface area contributed by atoms with Gasteiger partial charge in [0.15, 0.2) is 0 Å². The van der Waals surface area contributed by atoms with Crippen LogP contribution in [0.2, 0.25) is 0 Å². The maximum absolute atomic E-state index is 10.1. The second-order valence-corrected chi connectivity index (χ2v) is 20.9. The van der Waals surface area contributed by atoms with Crippen molar-refractivity contribution in [3.63, 3.8) is 0 Å². The third-order valence-corrected chi connectivity index (χ3v) is 16.7. The predicted molar refractivity (Wildman–Crippen MR) is 95.2 cm³/mol. The average Bonchev–Trinajstić information content (AvgIpc) is 2.42. The summed E-state index contributed by atoms with van der Waals surface area (Å²) in [6.07, 6.45) is 15.6. The molecule has 0 bridgehead atoms. The van der Waals surface area contributed by atoms with E-state index >= 15 is 0 Å². The first-order valence-corrected chi connectivity index (χ1v) is 16.9. The van der Waals surface area contributed by atoms with Crippen LogP contribution in [0.1, 0.15) is 90.9 Å². The molecule has 0 aromatic rings. The standard InChI is InChI=1S/C16H36O2PS.Zn/c1-3-5-7-9-11-13-15-20(19(17)18)16-14-12-10-8-6-4-2;/h17-18H,3-16H2,1-2H3;/q+1;-1. The molecule has 21 heavy (non-hydrogen) atoms. The number of unbranched alkanes of at least 4 members (excludes halogenated alkanes) is 10. The van der Waals surface area contributed by atoms with E-state index in [4.69, 9.17) is 0 Å². The molecule has 0 aliphatic rings. The molecule has 2 N–H and O–H groups in total. The molecule has 0 rings (SSSR count). The van der Waals surface area contributed by atoms with Crippen LogP contribution in [0.15, 0.2) is 0 Å². The van der Waals surface area contributed by atoms with E-state index in [2.05, 4.69) is 13.8 Å². The molecule has 0 aliphatic heterocycles. The Labute approximate surface area is 144 Å². The van der Waals surface area contributed by atoms with Crippen LogP contribution in [0.5, 0.6) is 0 Å². The van der Waals surface area contributed by atoms with Gasteiger partial charge in [-0.15, -0.1) is 0 Å². The molecule has 0 saturated heterocycles. The molecular formula is C16H36O2PSZn. The summed E-state index contributed by atoms with van der Waals surface area (Å²) in [5.74, 6) is 2.14. The summed E-state index contributed by atoms with van der Waals surface area (Å²) in [7, 11) is -0.0784. The van der Waals surface area contributed by atoms with Crippen LogP contribution in [0.3, 0.4) is 0 Å². The summed E-state index contributed by atoms with van der Waals surface area (Å²) in [6, 6.07) is 0. The maximum atomic E-state index is 10.1. The second-order valence-electron chi connectivity index (χ2n) is 6.07. The van der Waals surface area contributed by atoms with Gasteiger partial charge in [-0.2, -0.15) is 0 Å². The summed E-state index contributed by atoms with van der Waals surface area (Å²) in [6.45, 7) is 4.49. The second kappa shape index (κ2) is 14.9. The Balaban J connectivity index is 3.86. The van der Waals surface area contributed by atoms with Gasteiger partial charge in [0.2, 0.25) is 0 Å². The quantitative estimate of drug-likeness (QED) is 0.233. The SMILES string of the molecule is CCCCCCCCS(CCCCCCCC)=[P](O)(O)[Zn]. The summed E-state index contributed by atoms with van der Waals surface area (Å²) < 4.78 is 0. The van der Waals surface area contributed by atoms with E-state index < -0.39 is 4.82 Å². The van der Waals surface area contributed by atoms with Crippen molar-refractivity contribution >= 4 is 14.9 Å². The molecule has 0 unspecified atom stereocenters. The molecule has 0 atom stereocenters. The van der Waals surface area contributed by atoms with E-state index in [-0.39, 0.29) is 10.1 Å². The Morgan fingerprint density at radius 1 is 0.667 bits per heavy atom. The van der Waals surface area contributed by atoms with Crippen molar-refractivity contribution in [2.24, 2.45) is 0 Å². The Morgan fingerprint density at radius 3 is 1.33 bits per heavy atom. The van der Waals surface area contributed by atoms with Crippen molar-refractivity contribution < 1.29 is 27.6 Å². The summed E-state index contributed by atoms with van der Waals surface area (Å²) in [5, 5.41) is 0. The van der Waals surface area contributed by atoms with Crippen LogP contribution in [-0.4, -0.2) is 21.3 Å². The fraction of sp³-hybridized carbons (Fsp3) is 1.00. The van der Waals surface area contributed by atoms with Crippen molar-refractivity contribution in [1.82, 2.24) is 0 Å². The molecular weight excluding hydrogens is 353 g/mol. The third kappa shape index (κ3) is 14.6. The Hall–Kier alpha value is 1.32. The summed E-state index contributed by atoms with van der Waals surface area (Å²) in [4.78, 5) is 17.7. The van der Waals surface area contributed by atoms with E-state index in [1.807, 2.05) is 0 Å². The Bertz CT molecular complexity index is 266. The molecule has 0 fully saturated rings. The molecule has 0 aromatic heterocycles. The molecule has 0 aliphatic carbocycles. The van der Waals surface area contributed by atoms with E-state index in [0.717, 1.165) is 11.5 Å². The van der Waals surface area contributed by atoms with Gasteiger partial charge in [0, 0.05) is 0 Å². The molecule has 0 heterocycles. The van der Waals surface area contributed by atoms with Crippen LogP contribution in [0.25, 0.3) is 0 Å². The van der Waals surface area contributed by atoms with Crippen molar-refractivity contribution in [3.05, 3.63) is 0 Å². The summed E-state index contributed by atoms with van der Waals surface area (Å²) >= 11 is 0.696. The zero-order valence-corrected chi connectivity index (χ0v) is 19.0. The van der Waals surface area contributed by atoms with E-state index in [1.165, 1.54) is 77.0 Å². The zero-order valence-electron chi connectivity index (χ0n) is 14.4. The molecule has 0 amide bonds. The molecule has 0 saturated carbocycles. The van der Waals surface area contributed by atoms with Gasteiger partial charge in [0.1, 0.15) is 0 Å². The van der Waals surface area contributed by atoms with Gasteiger partial charge >= 0.3 is 145 Å². The van der Waals surface area contributed by atoms with Crippen LogP contribution in [0, 0.1) is 0 Å². The molecule has 125 valence electrons. The van der Waals surface area contributed by atoms with Crippen LogP contribution >= 0.6 is 4.82 Å². The Kier molecular flexibility index (Phi) is 15.8. The number of rotatable bonds is 14. The predicted octanol–water partition coefficient (Wildman–Crippen LogP) is 5.53. The normalized spacial score (nSPS) is 12.3. The van der Waals surface area contributed by atoms with E-state index in [1.54, 1.807) is 0 Å². The van der Waals surface area contributed by atoms with Gasteiger partial charge < -0.3 is 0 Å². The first kappa shape index (κ1) is 22.3. The minimum atomic E-state index is -2.50. The van der Waals surface area contributed by atoms with Crippen molar-refractivity contribution in [2.45, 2.75) is 90.9 Å². The van der Waals surface area contributed by atoms with Crippen LogP contribution in [-0.2, 0) is 27.9 Å². The van der Waals surface area contributed by atoms with Crippen molar-refractivity contribution in [3.8, 4) is 0 Å². The number of hydrogen-bond acceptors (Lipinski definition) is 0. The molecule has 2 nitrogen and oxygen atoms in total. The topological polar surface area (TPSA) is 40.5 Å². The van der Waals surface area contributed by atoms with Crippen LogP contribution in [0.4, 0.5) is 0 Å². The molecule has 0 spiro atoms. The van der Waals surface area contributed by atoms with Crippen molar-refractivity contribution in [2.75, 3.05) is 11.5 Å². The summed E-state index contributed by atoms with van der Waals surface area (Å²) in [5.41, 5.74) is 0. The Morgan fingerprint density at radius 2 is 1.00 bits per heavy atom. The first-order valence-electron chi connectivity index (χ1n) is 8.89. The minimum absolute atomic E-state index is 0.0784.